The van der Waals surface area contributed by atoms with Crippen LogP contribution in [0.3, 0.4) is 0 Å². The van der Waals surface area contributed by atoms with Gasteiger partial charge in [0.15, 0.2) is 0 Å². The van der Waals surface area contributed by atoms with Crippen LogP contribution in [0.25, 0.3) is 17.0 Å². The number of aromatic nitrogens is 1. The lowest BCUT2D eigenvalue weighted by Crippen LogP contribution is -2.26. The van der Waals surface area contributed by atoms with E-state index < -0.39 is 0 Å². The monoisotopic (exact) mass is 426 g/mol. The summed E-state index contributed by atoms with van der Waals surface area (Å²) in [6.45, 7) is 0.789. The van der Waals surface area contributed by atoms with Crippen LogP contribution in [0.4, 0.5) is 10.5 Å². The highest BCUT2D eigenvalue weighted by Gasteiger charge is 2.33. The van der Waals surface area contributed by atoms with Gasteiger partial charge in [-0.15, -0.1) is 0 Å². The van der Waals surface area contributed by atoms with Gasteiger partial charge in [-0.05, 0) is 41.6 Å². The molecule has 5 heteroatoms. The highest BCUT2D eigenvalue weighted by molar-refractivity contribution is 8.20. The summed E-state index contributed by atoms with van der Waals surface area (Å²) in [7, 11) is 0. The fourth-order valence-electron chi connectivity index (χ4n) is 3.71. The summed E-state index contributed by atoms with van der Waals surface area (Å²) < 4.78 is 2.25. The molecule has 1 aliphatic rings. The first-order valence-corrected chi connectivity index (χ1v) is 10.9. The van der Waals surface area contributed by atoms with Crippen LogP contribution in [0.2, 0.25) is 0 Å². The number of amides is 1. The Labute approximate surface area is 184 Å². The summed E-state index contributed by atoms with van der Waals surface area (Å²) in [5, 5.41) is 1.08. The first-order chi connectivity index (χ1) is 14.7. The molecule has 0 N–H and O–H groups in total. The molecule has 0 saturated carbocycles. The lowest BCUT2D eigenvalue weighted by molar-refractivity contribution is 0.268. The largest absolute Gasteiger partial charge is 0.342 e. The maximum Gasteiger partial charge on any atom is 0.296 e. The van der Waals surface area contributed by atoms with E-state index >= 15 is 0 Å². The van der Waals surface area contributed by atoms with E-state index in [2.05, 4.69) is 53.2 Å². The highest BCUT2D eigenvalue weighted by Crippen LogP contribution is 2.37. The third kappa shape index (κ3) is 3.47. The van der Waals surface area contributed by atoms with Crippen molar-refractivity contribution >= 4 is 56.9 Å². The average Bonchev–Trinajstić information content (AvgIpc) is 3.26. The van der Waals surface area contributed by atoms with Crippen molar-refractivity contribution < 1.29 is 4.79 Å². The van der Waals surface area contributed by atoms with Crippen LogP contribution in [0.1, 0.15) is 11.1 Å². The van der Waals surface area contributed by atoms with E-state index in [0.717, 1.165) is 33.6 Å². The molecule has 1 saturated heterocycles. The molecule has 1 fully saturated rings. The molecule has 1 aliphatic heterocycles. The van der Waals surface area contributed by atoms with Crippen molar-refractivity contribution in [3.05, 3.63) is 107 Å². The van der Waals surface area contributed by atoms with E-state index in [1.165, 1.54) is 17.3 Å². The summed E-state index contributed by atoms with van der Waals surface area (Å²) in [5.74, 6) is 0. The van der Waals surface area contributed by atoms with Gasteiger partial charge < -0.3 is 4.57 Å². The Kier molecular flexibility index (Phi) is 4.99. The quantitative estimate of drug-likeness (QED) is 0.267. The summed E-state index contributed by atoms with van der Waals surface area (Å²) in [6, 6.07) is 28.3. The number of anilines is 1. The minimum Gasteiger partial charge on any atom is -0.342 e. The van der Waals surface area contributed by atoms with E-state index in [0.29, 0.717) is 4.99 Å². The minimum atomic E-state index is -0.0644. The SMILES string of the molecule is O=C1S/C(=C\c2cn(Cc3ccccc3)c3ccccc23)C(=S)N1c1ccccc1. The highest BCUT2D eigenvalue weighted by atomic mass is 32.2. The number of nitrogens with zero attached hydrogens (tertiary/aromatic N) is 2. The Morgan fingerprint density at radius 3 is 2.30 bits per heavy atom. The summed E-state index contributed by atoms with van der Waals surface area (Å²) in [4.78, 5) is 15.6. The van der Waals surface area contributed by atoms with Gasteiger partial charge in [0.25, 0.3) is 5.24 Å². The van der Waals surface area contributed by atoms with E-state index in [1.54, 1.807) is 4.90 Å². The number of carbonyl (C=O) groups excluding carboxylic acids is 1. The fraction of sp³-hybridized carbons (Fsp3) is 0.0400. The van der Waals surface area contributed by atoms with Crippen LogP contribution < -0.4 is 4.90 Å². The molecule has 1 aromatic heterocycles. The second kappa shape index (κ2) is 7.94. The molecule has 0 bridgehead atoms. The molecule has 0 unspecified atom stereocenters. The maximum absolute atomic E-state index is 12.7. The Morgan fingerprint density at radius 1 is 0.867 bits per heavy atom. The number of hydrogen-bond acceptors (Lipinski definition) is 3. The number of carbonyl (C=O) groups is 1. The smallest absolute Gasteiger partial charge is 0.296 e. The van der Waals surface area contributed by atoms with Crippen molar-refractivity contribution in [2.24, 2.45) is 0 Å². The van der Waals surface area contributed by atoms with Crippen molar-refractivity contribution in [3.63, 3.8) is 0 Å². The third-order valence-corrected chi connectivity index (χ3v) is 6.53. The molecule has 146 valence electrons. The fourth-order valence-corrected chi connectivity index (χ4v) is 4.98. The van der Waals surface area contributed by atoms with E-state index in [9.17, 15) is 4.79 Å². The van der Waals surface area contributed by atoms with Gasteiger partial charge in [-0.1, -0.05) is 78.9 Å². The number of hydrogen-bond donors (Lipinski definition) is 0. The van der Waals surface area contributed by atoms with Gasteiger partial charge >= 0.3 is 0 Å². The number of thiocarbonyl (C=S) groups is 1. The second-order valence-corrected chi connectivity index (χ2v) is 8.45. The molecular weight excluding hydrogens is 408 g/mol. The van der Waals surface area contributed by atoms with Crippen LogP contribution in [-0.4, -0.2) is 14.8 Å². The van der Waals surface area contributed by atoms with Crippen molar-refractivity contribution in [3.8, 4) is 0 Å². The molecule has 5 rings (SSSR count). The van der Waals surface area contributed by atoms with Gasteiger partial charge in [0.05, 0.1) is 10.6 Å². The van der Waals surface area contributed by atoms with Crippen LogP contribution in [0.5, 0.6) is 0 Å². The Hall–Kier alpha value is -3.15. The number of para-hydroxylation sites is 2. The van der Waals surface area contributed by atoms with Crippen molar-refractivity contribution in [1.82, 2.24) is 4.57 Å². The van der Waals surface area contributed by atoms with E-state index in [1.807, 2.05) is 48.5 Å². The van der Waals surface area contributed by atoms with Crippen LogP contribution >= 0.6 is 24.0 Å². The van der Waals surface area contributed by atoms with Crippen LogP contribution in [0.15, 0.2) is 96.0 Å². The van der Waals surface area contributed by atoms with Crippen LogP contribution in [0, 0.1) is 0 Å². The van der Waals surface area contributed by atoms with Gasteiger partial charge in [0.1, 0.15) is 4.99 Å². The van der Waals surface area contributed by atoms with E-state index in [4.69, 9.17) is 12.2 Å². The molecule has 30 heavy (non-hydrogen) atoms. The molecule has 0 spiro atoms. The average molecular weight is 427 g/mol. The van der Waals surface area contributed by atoms with Crippen molar-refractivity contribution in [1.29, 1.82) is 0 Å². The number of fused-ring (bicyclic) bond motifs is 1. The predicted octanol–water partition coefficient (Wildman–Crippen LogP) is 6.73. The van der Waals surface area contributed by atoms with Gasteiger partial charge in [-0.2, -0.15) is 0 Å². The summed E-state index contributed by atoms with van der Waals surface area (Å²) in [6.07, 6.45) is 4.18. The molecule has 3 aromatic carbocycles. The zero-order valence-corrected chi connectivity index (χ0v) is 17.7. The van der Waals surface area contributed by atoms with Gasteiger partial charge in [0, 0.05) is 29.2 Å². The molecule has 0 aliphatic carbocycles. The van der Waals surface area contributed by atoms with Gasteiger partial charge in [0.2, 0.25) is 0 Å². The zero-order valence-electron chi connectivity index (χ0n) is 16.1. The molecule has 2 heterocycles. The topological polar surface area (TPSA) is 25.2 Å². The number of rotatable bonds is 4. The maximum atomic E-state index is 12.7. The predicted molar refractivity (Wildman–Crippen MR) is 130 cm³/mol. The van der Waals surface area contributed by atoms with Gasteiger partial charge in [-0.25, -0.2) is 0 Å². The standard InChI is InChI=1S/C25H18N2OS2/c28-25-27(20-11-5-2-6-12-20)24(29)23(30-25)15-19-17-26(16-18-9-3-1-4-10-18)22-14-8-7-13-21(19)22/h1-15,17H,16H2/b23-15-. The molecular formula is C25H18N2OS2. The molecule has 0 radical (unpaired) electrons. The Balaban J connectivity index is 1.53. The lowest BCUT2D eigenvalue weighted by atomic mass is 10.1. The first kappa shape index (κ1) is 18.9. The second-order valence-electron chi connectivity index (χ2n) is 7.07. The Morgan fingerprint density at radius 2 is 1.53 bits per heavy atom. The molecule has 4 aromatic rings. The van der Waals surface area contributed by atoms with Gasteiger partial charge in [-0.3, -0.25) is 9.69 Å². The normalized spacial score (nSPS) is 15.5. The Bertz CT molecular complexity index is 1280. The molecule has 1 amide bonds. The summed E-state index contributed by atoms with van der Waals surface area (Å²) in [5.41, 5.74) is 4.27. The minimum absolute atomic E-state index is 0.0644. The molecule has 3 nitrogen and oxygen atoms in total. The van der Waals surface area contributed by atoms with Crippen molar-refractivity contribution in [2.75, 3.05) is 4.90 Å². The molecule has 0 atom stereocenters. The number of benzene rings is 3. The van der Waals surface area contributed by atoms with Crippen molar-refractivity contribution in [2.45, 2.75) is 6.54 Å². The third-order valence-electron chi connectivity index (χ3n) is 5.11. The zero-order chi connectivity index (χ0) is 20.5. The van der Waals surface area contributed by atoms with Crippen LogP contribution in [-0.2, 0) is 6.54 Å². The summed E-state index contributed by atoms with van der Waals surface area (Å²) >= 11 is 6.85. The van der Waals surface area contributed by atoms with E-state index in [-0.39, 0.29) is 5.24 Å². The lowest BCUT2D eigenvalue weighted by Gasteiger charge is -2.14. The first-order valence-electron chi connectivity index (χ1n) is 9.65. The number of thioether (sulfide) groups is 1.